The van der Waals surface area contributed by atoms with Gasteiger partial charge < -0.3 is 14.8 Å². The molecule has 0 radical (unpaired) electrons. The molecule has 2 rings (SSSR count). The molecule has 2 aromatic carbocycles. The van der Waals surface area contributed by atoms with Crippen LogP contribution >= 0.6 is 24.0 Å². The van der Waals surface area contributed by atoms with Crippen LogP contribution in [-0.4, -0.2) is 12.6 Å². The molecule has 0 spiro atoms. The van der Waals surface area contributed by atoms with Gasteiger partial charge in [-0.3, -0.25) is 0 Å². The highest BCUT2D eigenvalue weighted by Crippen LogP contribution is 2.32. The smallest absolute Gasteiger partial charge is 0.166 e. The third kappa shape index (κ3) is 5.90. The van der Waals surface area contributed by atoms with E-state index in [2.05, 4.69) is 26.1 Å². The van der Waals surface area contributed by atoms with E-state index in [4.69, 9.17) is 21.1 Å². The van der Waals surface area contributed by atoms with Crippen molar-refractivity contribution in [2.75, 3.05) is 7.11 Å². The third-order valence-corrected chi connectivity index (χ3v) is 3.79. The third-order valence-electron chi connectivity index (χ3n) is 3.42. The van der Waals surface area contributed by atoms with Gasteiger partial charge in [-0.1, -0.05) is 41.9 Å². The molecule has 0 fully saturated rings. The summed E-state index contributed by atoms with van der Waals surface area (Å²) in [5.74, 6) is 1.48. The van der Waals surface area contributed by atoms with Crippen LogP contribution in [0.5, 0.6) is 11.5 Å². The van der Waals surface area contributed by atoms with Gasteiger partial charge in [0.1, 0.15) is 6.61 Å². The Morgan fingerprint density at radius 1 is 1.00 bits per heavy atom. The molecule has 0 aromatic heterocycles. The molecule has 2 aromatic rings. The lowest BCUT2D eigenvalue weighted by Gasteiger charge is -2.22. The summed E-state index contributed by atoms with van der Waals surface area (Å²) in [6, 6.07) is 13.6. The van der Waals surface area contributed by atoms with Gasteiger partial charge in [-0.05, 0) is 32.9 Å². The van der Waals surface area contributed by atoms with Gasteiger partial charge in [0.05, 0.1) is 7.11 Å². The number of benzene rings is 2. The Kier molecular flexibility index (Phi) is 7.88. The second-order valence-electron chi connectivity index (χ2n) is 6.43. The summed E-state index contributed by atoms with van der Waals surface area (Å²) in [6.07, 6.45) is 0. The van der Waals surface area contributed by atoms with E-state index in [-0.39, 0.29) is 17.9 Å². The van der Waals surface area contributed by atoms with Gasteiger partial charge in [0, 0.05) is 28.2 Å². The number of rotatable bonds is 6. The van der Waals surface area contributed by atoms with Crippen molar-refractivity contribution in [3.8, 4) is 11.5 Å². The Bertz CT molecular complexity index is 654. The van der Waals surface area contributed by atoms with Gasteiger partial charge in [-0.15, -0.1) is 12.4 Å². The topological polar surface area (TPSA) is 30.5 Å². The molecule has 5 heteroatoms. The first-order valence-electron chi connectivity index (χ1n) is 7.68. The number of para-hydroxylation sites is 1. The number of hydrogen-bond acceptors (Lipinski definition) is 3. The second-order valence-corrected chi connectivity index (χ2v) is 6.84. The fourth-order valence-electron chi connectivity index (χ4n) is 2.15. The zero-order chi connectivity index (χ0) is 16.9. The van der Waals surface area contributed by atoms with Gasteiger partial charge in [0.25, 0.3) is 0 Å². The summed E-state index contributed by atoms with van der Waals surface area (Å²) in [5, 5.41) is 4.18. The summed E-state index contributed by atoms with van der Waals surface area (Å²) < 4.78 is 11.5. The molecule has 0 unspecified atom stereocenters. The standard InChI is InChI=1S/C19H24ClNO2.ClH/c1-19(2,3)21-12-14-9-7-11-17(22-4)18(14)23-13-15-8-5-6-10-16(15)20;/h5-11,21H,12-13H2,1-4H3;1H. The van der Waals surface area contributed by atoms with Crippen molar-refractivity contribution < 1.29 is 9.47 Å². The van der Waals surface area contributed by atoms with Crippen LogP contribution in [0.2, 0.25) is 5.02 Å². The number of hydrogen-bond donors (Lipinski definition) is 1. The molecule has 0 aliphatic rings. The molecule has 0 amide bonds. The number of ether oxygens (including phenoxy) is 2. The van der Waals surface area contributed by atoms with E-state index in [1.54, 1.807) is 7.11 Å². The van der Waals surface area contributed by atoms with Crippen molar-refractivity contribution in [3.05, 3.63) is 58.6 Å². The summed E-state index contributed by atoms with van der Waals surface area (Å²) >= 11 is 6.20. The zero-order valence-corrected chi connectivity index (χ0v) is 16.1. The van der Waals surface area contributed by atoms with E-state index >= 15 is 0 Å². The van der Waals surface area contributed by atoms with Gasteiger partial charge in [0.2, 0.25) is 0 Å². The molecule has 24 heavy (non-hydrogen) atoms. The number of nitrogens with one attached hydrogen (secondary N) is 1. The lowest BCUT2D eigenvalue weighted by atomic mass is 10.1. The Morgan fingerprint density at radius 3 is 2.29 bits per heavy atom. The van der Waals surface area contributed by atoms with Gasteiger partial charge >= 0.3 is 0 Å². The van der Waals surface area contributed by atoms with Gasteiger partial charge in [-0.2, -0.15) is 0 Å². The molecule has 0 aliphatic carbocycles. The van der Waals surface area contributed by atoms with Crippen molar-refractivity contribution in [2.24, 2.45) is 0 Å². The first-order valence-corrected chi connectivity index (χ1v) is 8.05. The molecule has 132 valence electrons. The molecule has 0 heterocycles. The molecule has 0 saturated carbocycles. The summed E-state index contributed by atoms with van der Waals surface area (Å²) in [4.78, 5) is 0. The van der Waals surface area contributed by atoms with E-state index < -0.39 is 0 Å². The Balaban J connectivity index is 0.00000288. The molecular formula is C19H25Cl2NO2. The van der Waals surface area contributed by atoms with E-state index in [0.29, 0.717) is 18.2 Å². The van der Waals surface area contributed by atoms with Crippen LogP contribution in [0, 0.1) is 0 Å². The molecule has 0 aliphatic heterocycles. The minimum absolute atomic E-state index is 0. The van der Waals surface area contributed by atoms with Crippen LogP contribution in [0.4, 0.5) is 0 Å². The predicted octanol–water partition coefficient (Wildman–Crippen LogP) is 5.24. The highest BCUT2D eigenvalue weighted by atomic mass is 35.5. The van der Waals surface area contributed by atoms with Crippen molar-refractivity contribution in [1.29, 1.82) is 0 Å². The minimum Gasteiger partial charge on any atom is -0.493 e. The van der Waals surface area contributed by atoms with Crippen LogP contribution in [-0.2, 0) is 13.2 Å². The average molecular weight is 370 g/mol. The fourth-order valence-corrected chi connectivity index (χ4v) is 2.34. The maximum atomic E-state index is 6.20. The van der Waals surface area contributed by atoms with Crippen molar-refractivity contribution in [3.63, 3.8) is 0 Å². The van der Waals surface area contributed by atoms with Gasteiger partial charge in [-0.25, -0.2) is 0 Å². The van der Waals surface area contributed by atoms with E-state index in [1.165, 1.54) is 0 Å². The summed E-state index contributed by atoms with van der Waals surface area (Å²) in [7, 11) is 1.65. The van der Waals surface area contributed by atoms with Crippen molar-refractivity contribution in [2.45, 2.75) is 39.5 Å². The second kappa shape index (κ2) is 9.16. The van der Waals surface area contributed by atoms with E-state index in [1.807, 2.05) is 42.5 Å². The first kappa shape index (κ1) is 20.6. The highest BCUT2D eigenvalue weighted by molar-refractivity contribution is 6.31. The largest absolute Gasteiger partial charge is 0.493 e. The maximum Gasteiger partial charge on any atom is 0.166 e. The highest BCUT2D eigenvalue weighted by Gasteiger charge is 2.14. The van der Waals surface area contributed by atoms with E-state index in [0.717, 1.165) is 22.6 Å². The predicted molar refractivity (Wildman–Crippen MR) is 103 cm³/mol. The average Bonchev–Trinajstić information content (AvgIpc) is 2.51. The fraction of sp³-hybridized carbons (Fsp3) is 0.368. The number of halogens is 2. The first-order chi connectivity index (χ1) is 10.9. The summed E-state index contributed by atoms with van der Waals surface area (Å²) in [6.45, 7) is 7.52. The summed E-state index contributed by atoms with van der Waals surface area (Å²) in [5.41, 5.74) is 2.05. The maximum absolute atomic E-state index is 6.20. The SMILES string of the molecule is COc1cccc(CNC(C)(C)C)c1OCc1ccccc1Cl.Cl. The molecule has 0 bridgehead atoms. The van der Waals surface area contributed by atoms with Gasteiger partial charge in [0.15, 0.2) is 11.5 Å². The van der Waals surface area contributed by atoms with Crippen molar-refractivity contribution in [1.82, 2.24) is 5.32 Å². The Morgan fingerprint density at radius 2 is 1.67 bits per heavy atom. The molecule has 3 nitrogen and oxygen atoms in total. The quantitative estimate of drug-likeness (QED) is 0.755. The normalized spacial score (nSPS) is 10.9. The monoisotopic (exact) mass is 369 g/mol. The van der Waals surface area contributed by atoms with Crippen LogP contribution < -0.4 is 14.8 Å². The lowest BCUT2D eigenvalue weighted by molar-refractivity contribution is 0.279. The van der Waals surface area contributed by atoms with Crippen LogP contribution in [0.1, 0.15) is 31.9 Å². The Hall–Kier alpha value is -1.42. The number of methoxy groups -OCH3 is 1. The minimum atomic E-state index is 0. The van der Waals surface area contributed by atoms with Crippen LogP contribution in [0.25, 0.3) is 0 Å². The van der Waals surface area contributed by atoms with Crippen LogP contribution in [0.3, 0.4) is 0 Å². The van der Waals surface area contributed by atoms with Crippen molar-refractivity contribution >= 4 is 24.0 Å². The Labute approximate surface area is 155 Å². The molecule has 0 saturated heterocycles. The lowest BCUT2D eigenvalue weighted by Crippen LogP contribution is -2.35. The molecular weight excluding hydrogens is 345 g/mol. The zero-order valence-electron chi connectivity index (χ0n) is 14.6. The molecule has 1 N–H and O–H groups in total. The van der Waals surface area contributed by atoms with E-state index in [9.17, 15) is 0 Å². The van der Waals surface area contributed by atoms with Crippen LogP contribution in [0.15, 0.2) is 42.5 Å². The molecule has 0 atom stereocenters.